The largest absolute Gasteiger partial charge is 0.388 e. The first-order valence-electron chi connectivity index (χ1n) is 20.1. The number of pyridine rings is 1. The van der Waals surface area contributed by atoms with Gasteiger partial charge in [0.05, 0.1) is 18.4 Å². The summed E-state index contributed by atoms with van der Waals surface area (Å²) in [6, 6.07) is 25.1. The summed E-state index contributed by atoms with van der Waals surface area (Å²) < 4.78 is 1.79. The fourth-order valence-corrected chi connectivity index (χ4v) is 8.41. The van der Waals surface area contributed by atoms with Crippen molar-refractivity contribution in [2.75, 3.05) is 47.8 Å². The fraction of sp³-hybridized carbons (Fsp3) is 0.429. The molecule has 15 nitrogen and oxygen atoms in total. The molecule has 3 fully saturated rings. The molecule has 0 spiro atoms. The molecule has 3 amide bonds. The van der Waals surface area contributed by atoms with E-state index >= 15 is 0 Å². The number of piperidine rings is 1. The first-order chi connectivity index (χ1) is 27.8. The van der Waals surface area contributed by atoms with Crippen LogP contribution in [0, 0.1) is 0 Å². The fourth-order valence-electron chi connectivity index (χ4n) is 8.41. The van der Waals surface area contributed by atoms with E-state index in [2.05, 4.69) is 60.3 Å². The van der Waals surface area contributed by atoms with E-state index in [1.54, 1.807) is 24.0 Å². The molecule has 2 saturated heterocycles. The molecule has 3 aromatic heterocycles. The Morgan fingerprint density at radius 3 is 2.14 bits per heavy atom. The molecule has 5 atom stereocenters. The Labute approximate surface area is 331 Å². The first-order valence-corrected chi connectivity index (χ1v) is 20.1. The van der Waals surface area contributed by atoms with Crippen LogP contribution in [0.4, 0.5) is 22.4 Å². The Bertz CT molecular complexity index is 2070. The molecule has 5 heterocycles. The van der Waals surface area contributed by atoms with E-state index < -0.39 is 24.3 Å². The number of aromatic nitrogens is 5. The summed E-state index contributed by atoms with van der Waals surface area (Å²) in [6.45, 7) is 5.06. The lowest BCUT2D eigenvalue weighted by Gasteiger charge is -2.33. The number of aliphatic hydroxyl groups is 2. The highest BCUT2D eigenvalue weighted by Crippen LogP contribution is 2.35. The summed E-state index contributed by atoms with van der Waals surface area (Å²) >= 11 is 0. The number of rotatable bonds is 12. The zero-order valence-electron chi connectivity index (χ0n) is 32.1. The number of fused-ring (bicyclic) bond motifs is 1. The van der Waals surface area contributed by atoms with Crippen LogP contribution in [0.2, 0.25) is 0 Å². The molecule has 5 aromatic rings. The summed E-state index contributed by atoms with van der Waals surface area (Å²) in [7, 11) is 0. The minimum atomic E-state index is -1.15. The maximum Gasteiger partial charge on any atom is 0.315 e. The van der Waals surface area contributed by atoms with Crippen molar-refractivity contribution < 1.29 is 19.8 Å². The zero-order chi connectivity index (χ0) is 39.3. The number of hydrogen-bond donors (Lipinski definition) is 6. The third-order valence-electron chi connectivity index (χ3n) is 11.6. The van der Waals surface area contributed by atoms with E-state index in [4.69, 9.17) is 15.0 Å². The van der Waals surface area contributed by atoms with Crippen LogP contribution in [0.1, 0.15) is 62.1 Å². The second-order valence-corrected chi connectivity index (χ2v) is 15.3. The third-order valence-corrected chi connectivity index (χ3v) is 11.6. The number of aliphatic hydroxyl groups excluding tert-OH is 2. The first kappa shape index (κ1) is 38.1. The van der Waals surface area contributed by atoms with Gasteiger partial charge in [-0.3, -0.25) is 4.79 Å². The normalized spacial score (nSPS) is 22.6. The molecule has 3 aliphatic rings. The molecule has 2 aliphatic heterocycles. The molecule has 8 rings (SSSR count). The molecule has 2 aromatic carbocycles. The number of nitrogens with zero attached hydrogens (tertiary/aromatic N) is 7. The van der Waals surface area contributed by atoms with E-state index in [0.29, 0.717) is 55.4 Å². The van der Waals surface area contributed by atoms with Crippen molar-refractivity contribution in [3.63, 3.8) is 0 Å². The molecule has 1 saturated carbocycles. The highest BCUT2D eigenvalue weighted by Gasteiger charge is 2.44. The minimum Gasteiger partial charge on any atom is -0.388 e. The molecular weight excluding hydrogens is 723 g/mol. The number of amides is 3. The predicted octanol–water partition coefficient (Wildman–Crippen LogP) is 3.57. The van der Waals surface area contributed by atoms with Gasteiger partial charge in [-0.25, -0.2) is 14.8 Å². The highest BCUT2D eigenvalue weighted by molar-refractivity contribution is 5.85. The van der Waals surface area contributed by atoms with Crippen molar-refractivity contribution in [3.05, 3.63) is 103 Å². The van der Waals surface area contributed by atoms with Gasteiger partial charge in [-0.15, -0.1) is 0 Å². The van der Waals surface area contributed by atoms with Gasteiger partial charge in [-0.1, -0.05) is 73.7 Å². The Morgan fingerprint density at radius 1 is 0.789 bits per heavy atom. The minimum absolute atomic E-state index is 0.0128. The standard InChI is InChI=1S/C42H51N11O4/c1-2-35(54)48-32-23-33(38(56)37(32)55)53-26-45-36-39(44-24-31(27-11-5-3-6-12-27)28-13-7-4-8-14-28)49-41(50-40(36)53)52-22-18-30(25-52)47-42(57)46-29-16-20-51(21-17-29)34-15-9-10-19-43-34/h3-15,19,26,29-33,37-38,55-56H,2,16-18,20-25H2,1H3,(H,48,54)(H,44,49,50)(H2,46,47,57)/t30?,32-,33+,37+,38-/m0/s1. The molecule has 57 heavy (non-hydrogen) atoms. The van der Waals surface area contributed by atoms with Crippen LogP contribution in [0.15, 0.2) is 91.4 Å². The molecule has 15 heteroatoms. The van der Waals surface area contributed by atoms with Gasteiger partial charge >= 0.3 is 6.03 Å². The summed E-state index contributed by atoms with van der Waals surface area (Å²) in [5.41, 5.74) is 3.34. The lowest BCUT2D eigenvalue weighted by molar-refractivity contribution is -0.122. The monoisotopic (exact) mass is 773 g/mol. The van der Waals surface area contributed by atoms with Crippen molar-refractivity contribution in [2.45, 2.75) is 81.3 Å². The van der Waals surface area contributed by atoms with Crippen LogP contribution in [0.5, 0.6) is 0 Å². The Hall–Kier alpha value is -5.80. The number of carbonyl (C=O) groups is 2. The number of hydrogen-bond acceptors (Lipinski definition) is 11. The second-order valence-electron chi connectivity index (χ2n) is 15.3. The smallest absolute Gasteiger partial charge is 0.315 e. The summed E-state index contributed by atoms with van der Waals surface area (Å²) in [4.78, 5) is 49.1. The molecule has 0 radical (unpaired) electrons. The van der Waals surface area contributed by atoms with Gasteiger partial charge in [0.1, 0.15) is 18.0 Å². The van der Waals surface area contributed by atoms with Crippen molar-refractivity contribution in [3.8, 4) is 0 Å². The zero-order valence-corrected chi connectivity index (χ0v) is 32.1. The van der Waals surface area contributed by atoms with E-state index in [9.17, 15) is 19.8 Å². The van der Waals surface area contributed by atoms with Crippen molar-refractivity contribution in [1.29, 1.82) is 0 Å². The molecular formula is C42H51N11O4. The van der Waals surface area contributed by atoms with Gasteiger partial charge in [0.15, 0.2) is 17.0 Å². The van der Waals surface area contributed by atoms with Gasteiger partial charge < -0.3 is 45.8 Å². The van der Waals surface area contributed by atoms with Crippen LogP contribution in [-0.2, 0) is 4.79 Å². The molecule has 1 aliphatic carbocycles. The van der Waals surface area contributed by atoms with Gasteiger partial charge in [0, 0.05) is 63.3 Å². The van der Waals surface area contributed by atoms with Crippen LogP contribution in [0.3, 0.4) is 0 Å². The maximum absolute atomic E-state index is 13.2. The molecule has 298 valence electrons. The maximum atomic E-state index is 13.2. The molecule has 1 unspecified atom stereocenters. The lowest BCUT2D eigenvalue weighted by Crippen LogP contribution is -2.50. The van der Waals surface area contributed by atoms with Crippen LogP contribution >= 0.6 is 0 Å². The van der Waals surface area contributed by atoms with E-state index in [-0.39, 0.29) is 36.4 Å². The molecule has 6 N–H and O–H groups in total. The average molecular weight is 774 g/mol. The van der Waals surface area contributed by atoms with Crippen LogP contribution in [-0.4, -0.2) is 110 Å². The SMILES string of the molecule is CCC(=O)N[C@H]1C[C@@H](n2cnc3c(NCC(c4ccccc4)c4ccccc4)nc(N4CCC(NC(=O)NC5CCN(c6ccccn6)CC5)C4)nc32)[C@H](O)[C@@H]1O. The Morgan fingerprint density at radius 2 is 1.46 bits per heavy atom. The Balaban J connectivity index is 1.01. The lowest BCUT2D eigenvalue weighted by atomic mass is 9.91. The van der Waals surface area contributed by atoms with Crippen LogP contribution < -0.4 is 31.1 Å². The van der Waals surface area contributed by atoms with Gasteiger partial charge in [0.25, 0.3) is 0 Å². The highest BCUT2D eigenvalue weighted by atomic mass is 16.3. The topological polar surface area (TPSA) is 186 Å². The number of imidazole rings is 1. The number of urea groups is 1. The van der Waals surface area contributed by atoms with Crippen molar-refractivity contribution >= 4 is 40.7 Å². The second kappa shape index (κ2) is 17.1. The average Bonchev–Trinajstić information content (AvgIpc) is 3.97. The Kier molecular flexibility index (Phi) is 11.5. The number of benzene rings is 2. The number of carbonyl (C=O) groups excluding carboxylic acids is 2. The third kappa shape index (κ3) is 8.49. The number of nitrogens with one attached hydrogen (secondary N) is 4. The summed E-state index contributed by atoms with van der Waals surface area (Å²) in [5, 5.41) is 35.0. The van der Waals surface area contributed by atoms with Crippen molar-refractivity contribution in [2.24, 2.45) is 0 Å². The summed E-state index contributed by atoms with van der Waals surface area (Å²) in [5.74, 6) is 1.79. The predicted molar refractivity (Wildman–Crippen MR) is 218 cm³/mol. The van der Waals surface area contributed by atoms with Gasteiger partial charge in [-0.05, 0) is 48.9 Å². The van der Waals surface area contributed by atoms with E-state index in [1.165, 1.54) is 0 Å². The number of anilines is 3. The van der Waals surface area contributed by atoms with Gasteiger partial charge in [-0.2, -0.15) is 9.97 Å². The van der Waals surface area contributed by atoms with Crippen LogP contribution in [0.25, 0.3) is 11.2 Å². The van der Waals surface area contributed by atoms with Crippen molar-refractivity contribution in [1.82, 2.24) is 40.5 Å². The van der Waals surface area contributed by atoms with E-state index in [0.717, 1.165) is 42.9 Å². The molecule has 0 bridgehead atoms. The summed E-state index contributed by atoms with van der Waals surface area (Å²) in [6.07, 6.45) is 4.10. The van der Waals surface area contributed by atoms with E-state index in [1.807, 2.05) is 54.6 Å². The quantitative estimate of drug-likeness (QED) is 0.109. The van der Waals surface area contributed by atoms with Gasteiger partial charge in [0.2, 0.25) is 11.9 Å².